The number of hydrogen-bond donors (Lipinski definition) is 1. The standard InChI is InChI=1S/C30H34BrN5O5S2/c1-29(2,3)24-13-12-22(20-25(24)31)26(37)36(28-32-16-19-42-28)30(14-8-18-41-4,21-35-17-9-15-33-35)27(38)34-43(39,40)23-10-6-5-7-11-23/h5-7,9-13,15-17,19-20H,8,14,18,21H2,1-4H3,(H,34,38). The SMILES string of the molecule is COCCCC(Cn1cccn1)(C(=O)NS(=O)(=O)c1ccccc1)N(C(=O)c1ccc(C(C)(C)C)c(Br)c1)c1nccs1. The summed E-state index contributed by atoms with van der Waals surface area (Å²) in [5.74, 6) is -1.41. The topological polar surface area (TPSA) is 123 Å². The van der Waals surface area contributed by atoms with E-state index in [2.05, 4.69) is 51.5 Å². The second-order valence-electron chi connectivity index (χ2n) is 11.0. The Hall–Kier alpha value is -3.39. The molecular formula is C30H34BrN5O5S2. The van der Waals surface area contributed by atoms with Crippen LogP contribution in [0.2, 0.25) is 0 Å². The van der Waals surface area contributed by atoms with Crippen molar-refractivity contribution in [1.82, 2.24) is 19.5 Å². The number of sulfonamides is 1. The van der Waals surface area contributed by atoms with E-state index in [1.54, 1.807) is 54.2 Å². The minimum Gasteiger partial charge on any atom is -0.385 e. The van der Waals surface area contributed by atoms with Crippen LogP contribution in [0.1, 0.15) is 49.5 Å². The van der Waals surface area contributed by atoms with Gasteiger partial charge in [0, 0.05) is 47.7 Å². The second kappa shape index (κ2) is 13.5. The highest BCUT2D eigenvalue weighted by molar-refractivity contribution is 9.10. The van der Waals surface area contributed by atoms with E-state index in [0.717, 1.165) is 10.0 Å². The van der Waals surface area contributed by atoms with Crippen molar-refractivity contribution in [2.75, 3.05) is 18.6 Å². The summed E-state index contributed by atoms with van der Waals surface area (Å²) < 4.78 is 36.7. The van der Waals surface area contributed by atoms with Crippen molar-refractivity contribution in [3.63, 3.8) is 0 Å². The first-order chi connectivity index (χ1) is 20.4. The van der Waals surface area contributed by atoms with Crippen molar-refractivity contribution < 1.29 is 22.7 Å². The predicted octanol–water partition coefficient (Wildman–Crippen LogP) is 5.42. The van der Waals surface area contributed by atoms with Gasteiger partial charge in [0.1, 0.15) is 5.54 Å². The number of thiazole rings is 1. The fourth-order valence-electron chi connectivity index (χ4n) is 4.77. The van der Waals surface area contributed by atoms with Gasteiger partial charge in [-0.15, -0.1) is 11.3 Å². The number of benzene rings is 2. The van der Waals surface area contributed by atoms with Gasteiger partial charge < -0.3 is 4.74 Å². The number of nitrogens with one attached hydrogen (secondary N) is 1. The molecule has 4 rings (SSSR count). The first kappa shape index (κ1) is 32.5. The van der Waals surface area contributed by atoms with Gasteiger partial charge in [0.2, 0.25) is 0 Å². The van der Waals surface area contributed by atoms with Crippen LogP contribution in [0.25, 0.3) is 0 Å². The van der Waals surface area contributed by atoms with E-state index in [-0.39, 0.29) is 35.0 Å². The van der Waals surface area contributed by atoms with Gasteiger partial charge in [-0.25, -0.2) is 18.1 Å². The number of methoxy groups -OCH3 is 1. The second-order valence-corrected chi connectivity index (χ2v) is 14.4. The highest BCUT2D eigenvalue weighted by atomic mass is 79.9. The van der Waals surface area contributed by atoms with Crippen LogP contribution in [0.5, 0.6) is 0 Å². The molecule has 0 aliphatic carbocycles. The van der Waals surface area contributed by atoms with Gasteiger partial charge in [0.05, 0.1) is 11.4 Å². The summed E-state index contributed by atoms with van der Waals surface area (Å²) in [5, 5.41) is 6.24. The molecule has 43 heavy (non-hydrogen) atoms. The fraction of sp³-hybridized carbons (Fsp3) is 0.333. The average molecular weight is 689 g/mol. The Labute approximate surface area is 264 Å². The van der Waals surface area contributed by atoms with E-state index in [0.29, 0.717) is 12.0 Å². The van der Waals surface area contributed by atoms with Crippen LogP contribution >= 0.6 is 27.3 Å². The van der Waals surface area contributed by atoms with Crippen LogP contribution in [0, 0.1) is 0 Å². The minimum absolute atomic E-state index is 0.0450. The van der Waals surface area contributed by atoms with E-state index >= 15 is 0 Å². The lowest BCUT2D eigenvalue weighted by atomic mass is 9.86. The molecule has 0 bridgehead atoms. The van der Waals surface area contributed by atoms with Gasteiger partial charge >= 0.3 is 0 Å². The molecule has 0 saturated carbocycles. The molecule has 2 amide bonds. The highest BCUT2D eigenvalue weighted by Crippen LogP contribution is 2.36. The van der Waals surface area contributed by atoms with E-state index in [1.807, 2.05) is 6.07 Å². The number of carbonyl (C=O) groups is 2. The van der Waals surface area contributed by atoms with Crippen molar-refractivity contribution >= 4 is 54.2 Å². The van der Waals surface area contributed by atoms with Crippen LogP contribution in [0.15, 0.2) is 87.9 Å². The normalized spacial score (nSPS) is 13.3. The monoisotopic (exact) mass is 687 g/mol. The first-order valence-electron chi connectivity index (χ1n) is 13.5. The third-order valence-electron chi connectivity index (χ3n) is 6.89. The Morgan fingerprint density at radius 2 is 1.84 bits per heavy atom. The molecule has 0 spiro atoms. The lowest BCUT2D eigenvalue weighted by Gasteiger charge is -2.41. The summed E-state index contributed by atoms with van der Waals surface area (Å²) in [4.78, 5) is 34.7. The number of aromatic nitrogens is 3. The molecule has 2 aromatic carbocycles. The van der Waals surface area contributed by atoms with E-state index < -0.39 is 27.4 Å². The Bertz CT molecular complexity index is 1640. The molecule has 0 fully saturated rings. The molecule has 1 N–H and O–H groups in total. The molecular weight excluding hydrogens is 654 g/mol. The maximum absolute atomic E-state index is 14.6. The third kappa shape index (κ3) is 7.40. The Morgan fingerprint density at radius 1 is 1.09 bits per heavy atom. The van der Waals surface area contributed by atoms with Gasteiger partial charge in [-0.05, 0) is 54.2 Å². The molecule has 13 heteroatoms. The Morgan fingerprint density at radius 3 is 2.42 bits per heavy atom. The predicted molar refractivity (Wildman–Crippen MR) is 170 cm³/mol. The van der Waals surface area contributed by atoms with Gasteiger partial charge in [0.15, 0.2) is 5.13 Å². The Balaban J connectivity index is 1.91. The molecule has 0 aliphatic rings. The Kier molecular flexibility index (Phi) is 10.2. The molecule has 2 heterocycles. The van der Waals surface area contributed by atoms with Gasteiger partial charge in [0.25, 0.3) is 21.8 Å². The summed E-state index contributed by atoms with van der Waals surface area (Å²) >= 11 is 4.79. The van der Waals surface area contributed by atoms with Crippen LogP contribution in [-0.4, -0.2) is 54.3 Å². The van der Waals surface area contributed by atoms with Crippen LogP contribution in [0.3, 0.4) is 0 Å². The largest absolute Gasteiger partial charge is 0.385 e. The molecule has 0 aliphatic heterocycles. The fourth-order valence-corrected chi connectivity index (χ4v) is 7.54. The molecule has 228 valence electrons. The summed E-state index contributed by atoms with van der Waals surface area (Å²) in [5.41, 5.74) is -0.675. The summed E-state index contributed by atoms with van der Waals surface area (Å²) in [6, 6.07) is 14.6. The smallest absolute Gasteiger partial charge is 0.264 e. The minimum atomic E-state index is -4.30. The molecule has 4 aromatic rings. The lowest BCUT2D eigenvalue weighted by Crippen LogP contribution is -2.64. The number of amides is 2. The van der Waals surface area contributed by atoms with Crippen molar-refractivity contribution in [2.45, 2.75) is 56.0 Å². The maximum Gasteiger partial charge on any atom is 0.264 e. The number of halogens is 1. The molecule has 0 saturated heterocycles. The number of rotatable bonds is 12. The summed E-state index contributed by atoms with van der Waals surface area (Å²) in [6.07, 6.45) is 5.12. The van der Waals surface area contributed by atoms with E-state index in [1.165, 1.54) is 46.4 Å². The number of hydrogen-bond acceptors (Lipinski definition) is 8. The quantitative estimate of drug-likeness (QED) is 0.197. The molecule has 1 unspecified atom stereocenters. The van der Waals surface area contributed by atoms with Crippen molar-refractivity contribution in [1.29, 1.82) is 0 Å². The summed E-state index contributed by atoms with van der Waals surface area (Å²) in [7, 11) is -2.76. The highest BCUT2D eigenvalue weighted by Gasteiger charge is 2.50. The zero-order chi connectivity index (χ0) is 31.3. The van der Waals surface area contributed by atoms with Gasteiger partial charge in [-0.1, -0.05) is 61.0 Å². The van der Waals surface area contributed by atoms with Crippen LogP contribution < -0.4 is 9.62 Å². The first-order valence-corrected chi connectivity index (χ1v) is 16.7. The van der Waals surface area contributed by atoms with Crippen molar-refractivity contribution in [2.24, 2.45) is 0 Å². The molecule has 0 radical (unpaired) electrons. The third-order valence-corrected chi connectivity index (χ3v) is 9.65. The average Bonchev–Trinajstić information content (AvgIpc) is 3.67. The zero-order valence-electron chi connectivity index (χ0n) is 24.4. The maximum atomic E-state index is 14.6. The van der Waals surface area contributed by atoms with Gasteiger partial charge in [-0.2, -0.15) is 5.10 Å². The molecule has 10 nitrogen and oxygen atoms in total. The number of nitrogens with zero attached hydrogens (tertiary/aromatic N) is 4. The zero-order valence-corrected chi connectivity index (χ0v) is 27.6. The van der Waals surface area contributed by atoms with Crippen LogP contribution in [-0.2, 0) is 31.5 Å². The van der Waals surface area contributed by atoms with E-state index in [9.17, 15) is 18.0 Å². The number of ether oxygens (including phenoxy) is 1. The van der Waals surface area contributed by atoms with E-state index in [4.69, 9.17) is 4.74 Å². The van der Waals surface area contributed by atoms with Crippen molar-refractivity contribution in [3.8, 4) is 0 Å². The number of carbonyl (C=O) groups excluding carboxylic acids is 2. The van der Waals surface area contributed by atoms with Crippen LogP contribution in [0.4, 0.5) is 5.13 Å². The number of anilines is 1. The molecule has 2 aromatic heterocycles. The van der Waals surface area contributed by atoms with Crippen molar-refractivity contribution in [3.05, 3.63) is 94.2 Å². The summed E-state index contributed by atoms with van der Waals surface area (Å²) in [6.45, 7) is 6.33. The van der Waals surface area contributed by atoms with Gasteiger partial charge in [-0.3, -0.25) is 19.2 Å². The molecule has 1 atom stereocenters. The lowest BCUT2D eigenvalue weighted by molar-refractivity contribution is -0.125.